The SMILES string of the molecule is CCCCCCC/C=C\C/C=C\C/C=C\CCCCCCCCCCCCCCCCCCC(=O)OCC(COC(=O)CCCCCCCCCCCC)OC(=O)CCCCCCCCCCCCCCCCCCCCCCCCC. The van der Waals surface area contributed by atoms with Gasteiger partial charge in [-0.2, -0.15) is 0 Å². The third-order valence-corrected chi connectivity index (χ3v) is 16.9. The van der Waals surface area contributed by atoms with E-state index in [9.17, 15) is 14.4 Å². The Bertz CT molecular complexity index is 1370. The second-order valence-corrected chi connectivity index (χ2v) is 25.2. The van der Waals surface area contributed by atoms with Crippen molar-refractivity contribution in [3.63, 3.8) is 0 Å². The van der Waals surface area contributed by atoms with Crippen LogP contribution in [-0.4, -0.2) is 37.2 Å². The molecule has 0 bridgehead atoms. The monoisotopic (exact) mass is 1150 g/mol. The molecule has 0 rings (SSSR count). The van der Waals surface area contributed by atoms with E-state index in [1.54, 1.807) is 0 Å². The summed E-state index contributed by atoms with van der Waals surface area (Å²) in [5.74, 6) is -0.835. The number of allylic oxidation sites excluding steroid dienone is 6. The molecule has 0 aromatic heterocycles. The van der Waals surface area contributed by atoms with E-state index in [1.807, 2.05) is 0 Å². The molecular weight excluding hydrogens is 1010 g/mol. The molecule has 0 aliphatic carbocycles. The third kappa shape index (κ3) is 68.4. The van der Waals surface area contributed by atoms with Gasteiger partial charge in [0.15, 0.2) is 6.10 Å². The lowest BCUT2D eigenvalue weighted by atomic mass is 10.0. The summed E-state index contributed by atoms with van der Waals surface area (Å²) < 4.78 is 17.0. The lowest BCUT2D eigenvalue weighted by molar-refractivity contribution is -0.167. The Morgan fingerprint density at radius 3 is 0.683 bits per heavy atom. The number of unbranched alkanes of at least 4 members (excludes halogenated alkanes) is 52. The van der Waals surface area contributed by atoms with E-state index in [0.717, 1.165) is 70.6 Å². The molecular formula is C76H142O6. The molecule has 0 aromatic rings. The van der Waals surface area contributed by atoms with E-state index in [1.165, 1.54) is 302 Å². The molecule has 0 aliphatic heterocycles. The van der Waals surface area contributed by atoms with E-state index in [-0.39, 0.29) is 31.1 Å². The van der Waals surface area contributed by atoms with Gasteiger partial charge in [-0.05, 0) is 57.8 Å². The molecule has 0 N–H and O–H groups in total. The van der Waals surface area contributed by atoms with E-state index in [2.05, 4.69) is 57.2 Å². The first-order chi connectivity index (χ1) is 40.5. The molecule has 482 valence electrons. The Morgan fingerprint density at radius 2 is 0.439 bits per heavy atom. The van der Waals surface area contributed by atoms with Crippen LogP contribution in [0.5, 0.6) is 0 Å². The number of esters is 3. The highest BCUT2D eigenvalue weighted by atomic mass is 16.6. The van der Waals surface area contributed by atoms with Crippen LogP contribution in [0.4, 0.5) is 0 Å². The van der Waals surface area contributed by atoms with Gasteiger partial charge in [-0.25, -0.2) is 0 Å². The summed E-state index contributed by atoms with van der Waals surface area (Å²) in [5.41, 5.74) is 0. The highest BCUT2D eigenvalue weighted by Gasteiger charge is 2.20. The van der Waals surface area contributed by atoms with Gasteiger partial charge in [0.2, 0.25) is 0 Å². The van der Waals surface area contributed by atoms with Crippen molar-refractivity contribution in [3.8, 4) is 0 Å². The predicted molar refractivity (Wildman–Crippen MR) is 358 cm³/mol. The maximum atomic E-state index is 12.9. The quantitative estimate of drug-likeness (QED) is 0.0261. The molecule has 0 heterocycles. The normalized spacial score (nSPS) is 12.2. The van der Waals surface area contributed by atoms with Gasteiger partial charge in [-0.15, -0.1) is 0 Å². The fourth-order valence-electron chi connectivity index (χ4n) is 11.3. The summed E-state index contributed by atoms with van der Waals surface area (Å²) in [6.45, 7) is 6.70. The van der Waals surface area contributed by atoms with Gasteiger partial charge in [-0.3, -0.25) is 14.4 Å². The van der Waals surface area contributed by atoms with Gasteiger partial charge in [0.05, 0.1) is 0 Å². The largest absolute Gasteiger partial charge is 0.462 e. The number of hydrogen-bond donors (Lipinski definition) is 0. The number of ether oxygens (including phenoxy) is 3. The van der Waals surface area contributed by atoms with Crippen LogP contribution in [0.1, 0.15) is 412 Å². The Morgan fingerprint density at radius 1 is 0.244 bits per heavy atom. The summed E-state index contributed by atoms with van der Waals surface area (Å²) in [6.07, 6.45) is 89.1. The first-order valence-electron chi connectivity index (χ1n) is 37.0. The van der Waals surface area contributed by atoms with Crippen molar-refractivity contribution in [2.45, 2.75) is 419 Å². The predicted octanol–water partition coefficient (Wildman–Crippen LogP) is 25.5. The molecule has 0 aliphatic rings. The minimum atomic E-state index is -0.767. The standard InChI is InChI=1S/C76H142O6/c1-4-7-10-13-16-19-22-24-26-28-30-32-34-35-36-37-38-39-40-41-43-44-46-48-50-52-54-57-60-63-66-69-75(78)81-72-73(71-80-74(77)68-65-62-59-56-21-18-15-12-9-6-3)82-76(79)70-67-64-61-58-55-53-51-49-47-45-42-33-31-29-27-25-23-20-17-14-11-8-5-2/h22,24,28,30,34-35,73H,4-21,23,25-27,29,31-33,36-72H2,1-3H3/b24-22-,30-28-,35-34-. The van der Waals surface area contributed by atoms with Crippen LogP contribution in [0.25, 0.3) is 0 Å². The molecule has 0 saturated carbocycles. The van der Waals surface area contributed by atoms with Crippen molar-refractivity contribution < 1.29 is 28.6 Å². The maximum absolute atomic E-state index is 12.9. The van der Waals surface area contributed by atoms with Crippen molar-refractivity contribution in [1.82, 2.24) is 0 Å². The summed E-state index contributed by atoms with van der Waals surface area (Å²) in [5, 5.41) is 0. The zero-order chi connectivity index (χ0) is 59.2. The van der Waals surface area contributed by atoms with Crippen molar-refractivity contribution in [2.24, 2.45) is 0 Å². The molecule has 1 unspecified atom stereocenters. The van der Waals surface area contributed by atoms with E-state index in [4.69, 9.17) is 14.2 Å². The number of rotatable bonds is 69. The van der Waals surface area contributed by atoms with Gasteiger partial charge in [0, 0.05) is 19.3 Å². The lowest BCUT2D eigenvalue weighted by Crippen LogP contribution is -2.30. The fourth-order valence-corrected chi connectivity index (χ4v) is 11.3. The Balaban J connectivity index is 4.10. The van der Waals surface area contributed by atoms with Gasteiger partial charge in [0.25, 0.3) is 0 Å². The Kier molecular flexibility index (Phi) is 69.1. The highest BCUT2D eigenvalue weighted by Crippen LogP contribution is 2.19. The maximum Gasteiger partial charge on any atom is 0.306 e. The lowest BCUT2D eigenvalue weighted by Gasteiger charge is -2.18. The molecule has 0 radical (unpaired) electrons. The van der Waals surface area contributed by atoms with Gasteiger partial charge in [0.1, 0.15) is 13.2 Å². The average molecular weight is 1150 g/mol. The zero-order valence-electron chi connectivity index (χ0n) is 55.5. The second kappa shape index (κ2) is 71.1. The summed E-state index contributed by atoms with van der Waals surface area (Å²) >= 11 is 0. The second-order valence-electron chi connectivity index (χ2n) is 25.2. The van der Waals surface area contributed by atoms with Crippen LogP contribution >= 0.6 is 0 Å². The summed E-state index contributed by atoms with van der Waals surface area (Å²) in [6, 6.07) is 0. The highest BCUT2D eigenvalue weighted by molar-refractivity contribution is 5.71. The molecule has 0 amide bonds. The van der Waals surface area contributed by atoms with Crippen molar-refractivity contribution >= 4 is 17.9 Å². The van der Waals surface area contributed by atoms with Gasteiger partial charge < -0.3 is 14.2 Å². The topological polar surface area (TPSA) is 78.9 Å². The molecule has 0 saturated heterocycles. The first kappa shape index (κ1) is 79.6. The van der Waals surface area contributed by atoms with Crippen molar-refractivity contribution in [1.29, 1.82) is 0 Å². The van der Waals surface area contributed by atoms with Crippen LogP contribution < -0.4 is 0 Å². The average Bonchev–Trinajstić information content (AvgIpc) is 3.47. The molecule has 1 atom stereocenters. The van der Waals surface area contributed by atoms with E-state index in [0.29, 0.717) is 19.3 Å². The van der Waals surface area contributed by atoms with Crippen molar-refractivity contribution in [2.75, 3.05) is 13.2 Å². The molecule has 82 heavy (non-hydrogen) atoms. The van der Waals surface area contributed by atoms with Crippen LogP contribution in [0.2, 0.25) is 0 Å². The first-order valence-corrected chi connectivity index (χ1v) is 37.0. The van der Waals surface area contributed by atoms with E-state index >= 15 is 0 Å². The zero-order valence-corrected chi connectivity index (χ0v) is 55.5. The minimum Gasteiger partial charge on any atom is -0.462 e. The summed E-state index contributed by atoms with van der Waals surface area (Å²) in [4.78, 5) is 38.4. The molecule has 6 heteroatoms. The van der Waals surface area contributed by atoms with Crippen molar-refractivity contribution in [3.05, 3.63) is 36.5 Å². The van der Waals surface area contributed by atoms with Gasteiger partial charge >= 0.3 is 17.9 Å². The van der Waals surface area contributed by atoms with Crippen LogP contribution in [0.15, 0.2) is 36.5 Å². The van der Waals surface area contributed by atoms with E-state index < -0.39 is 6.10 Å². The number of carbonyl (C=O) groups is 3. The minimum absolute atomic E-state index is 0.0649. The molecule has 0 spiro atoms. The van der Waals surface area contributed by atoms with Crippen LogP contribution in [-0.2, 0) is 28.6 Å². The third-order valence-electron chi connectivity index (χ3n) is 16.9. The van der Waals surface area contributed by atoms with Crippen LogP contribution in [0, 0.1) is 0 Å². The Labute approximate surface area is 512 Å². The number of carbonyl (C=O) groups excluding carboxylic acids is 3. The number of hydrogen-bond acceptors (Lipinski definition) is 6. The molecule has 0 fully saturated rings. The fraction of sp³-hybridized carbons (Fsp3) is 0.882. The Hall–Kier alpha value is -2.37. The smallest absolute Gasteiger partial charge is 0.306 e. The molecule has 0 aromatic carbocycles. The summed E-state index contributed by atoms with van der Waals surface area (Å²) in [7, 11) is 0. The van der Waals surface area contributed by atoms with Gasteiger partial charge in [-0.1, -0.05) is 372 Å². The molecule has 6 nitrogen and oxygen atoms in total. The van der Waals surface area contributed by atoms with Crippen LogP contribution in [0.3, 0.4) is 0 Å².